The molecule has 1 N–H and O–H groups in total. The quantitative estimate of drug-likeness (QED) is 0.489. The zero-order valence-electron chi connectivity index (χ0n) is 2.88. The van der Waals surface area contributed by atoms with Crippen LogP contribution in [-0.4, -0.2) is 5.17 Å². The molecule has 1 aliphatic heterocycles. The van der Waals surface area contributed by atoms with Crippen LogP contribution in [0.5, 0.6) is 0 Å². The highest BCUT2D eigenvalue weighted by molar-refractivity contribution is 8.15. The van der Waals surface area contributed by atoms with Gasteiger partial charge < -0.3 is 0 Å². The number of amidine groups is 1. The first-order chi connectivity index (χ1) is 2.89. The Balaban J connectivity index is 2.59. The largest absolute Gasteiger partial charge is 0.275 e. The van der Waals surface area contributed by atoms with Crippen molar-refractivity contribution < 1.29 is 0 Å². The number of hydrogen-bond acceptors (Lipinski definition) is 3. The van der Waals surface area contributed by atoms with Crippen LogP contribution >= 0.6 is 11.8 Å². The van der Waals surface area contributed by atoms with E-state index in [1.165, 1.54) is 17.6 Å². The van der Waals surface area contributed by atoms with E-state index in [0.717, 1.165) is 0 Å². The van der Waals surface area contributed by atoms with Crippen LogP contribution in [0.15, 0.2) is 10.2 Å². The van der Waals surface area contributed by atoms with Gasteiger partial charge in [0.05, 0.1) is 0 Å². The maximum atomic E-state index is 6.72. The third kappa shape index (κ3) is 0.567. The van der Waals surface area contributed by atoms with E-state index in [1.54, 1.807) is 0 Å². The van der Waals surface area contributed by atoms with Crippen molar-refractivity contribution in [3.63, 3.8) is 0 Å². The number of rotatable bonds is 0. The van der Waals surface area contributed by atoms with Crippen LogP contribution in [0.3, 0.4) is 0 Å². The second kappa shape index (κ2) is 1.38. The van der Waals surface area contributed by atoms with E-state index in [1.807, 2.05) is 0 Å². The van der Waals surface area contributed by atoms with Gasteiger partial charge in [-0.05, 0) is 0 Å². The molecule has 0 aromatic carbocycles. The molecule has 1 rings (SSSR count). The van der Waals surface area contributed by atoms with Crippen molar-refractivity contribution in [2.45, 2.75) is 0 Å². The Kier molecular flexibility index (Phi) is 0.874. The number of azo groups is 1. The van der Waals surface area contributed by atoms with E-state index in [4.69, 9.17) is 5.41 Å². The lowest BCUT2D eigenvalue weighted by Crippen LogP contribution is -1.67. The van der Waals surface area contributed by atoms with Crippen LogP contribution in [0, 0.1) is 11.3 Å². The fourth-order valence-electron chi connectivity index (χ4n) is 0.173. The molecule has 1 aliphatic rings. The molecule has 0 unspecified atom stereocenters. The molecule has 1 radical (unpaired) electrons. The minimum absolute atomic E-state index is 0.273. The molecule has 0 fully saturated rings. The van der Waals surface area contributed by atoms with E-state index in [2.05, 4.69) is 10.2 Å². The highest BCUT2D eigenvalue weighted by Gasteiger charge is 1.99. The summed E-state index contributed by atoms with van der Waals surface area (Å²) in [4.78, 5) is 0. The lowest BCUT2D eigenvalue weighted by Gasteiger charge is -1.69. The van der Waals surface area contributed by atoms with Crippen molar-refractivity contribution in [3.05, 3.63) is 5.88 Å². The molecule has 0 spiro atoms. The predicted octanol–water partition coefficient (Wildman–Crippen LogP) is 1.24. The van der Waals surface area contributed by atoms with Gasteiger partial charge in [0.15, 0.2) is 5.88 Å². The monoisotopic (exact) mass is 100.0 g/mol. The molecule has 0 aliphatic carbocycles. The van der Waals surface area contributed by atoms with Gasteiger partial charge in [-0.3, -0.25) is 5.41 Å². The summed E-state index contributed by atoms with van der Waals surface area (Å²) in [5, 5.41) is 13.7. The Morgan fingerprint density at radius 3 is 2.83 bits per heavy atom. The van der Waals surface area contributed by atoms with Crippen molar-refractivity contribution in [2.24, 2.45) is 10.2 Å². The zero-order chi connectivity index (χ0) is 4.41. The van der Waals surface area contributed by atoms with Crippen molar-refractivity contribution in [1.29, 1.82) is 5.41 Å². The summed E-state index contributed by atoms with van der Waals surface area (Å²) in [5.41, 5.74) is 0. The zero-order valence-corrected chi connectivity index (χ0v) is 3.70. The van der Waals surface area contributed by atoms with E-state index < -0.39 is 0 Å². The topological polar surface area (TPSA) is 48.6 Å². The molecule has 31 valence electrons. The van der Waals surface area contributed by atoms with E-state index >= 15 is 0 Å². The Hall–Kier alpha value is -0.380. The SMILES string of the molecule is N=C1N=N[CH]S1. The van der Waals surface area contributed by atoms with Crippen molar-refractivity contribution in [3.8, 4) is 0 Å². The maximum absolute atomic E-state index is 6.72. The summed E-state index contributed by atoms with van der Waals surface area (Å²) < 4.78 is 0. The summed E-state index contributed by atoms with van der Waals surface area (Å²) in [6.07, 6.45) is 0. The van der Waals surface area contributed by atoms with E-state index in [-0.39, 0.29) is 5.17 Å². The number of hydrogen-bond donors (Lipinski definition) is 1. The van der Waals surface area contributed by atoms with Gasteiger partial charge in [0.2, 0.25) is 5.17 Å². The van der Waals surface area contributed by atoms with Gasteiger partial charge >= 0.3 is 0 Å². The van der Waals surface area contributed by atoms with E-state index in [0.29, 0.717) is 0 Å². The first-order valence-electron chi connectivity index (χ1n) is 1.37. The van der Waals surface area contributed by atoms with Crippen LogP contribution in [-0.2, 0) is 0 Å². The molecule has 4 heteroatoms. The smallest absolute Gasteiger partial charge is 0.203 e. The summed E-state index contributed by atoms with van der Waals surface area (Å²) in [7, 11) is 0. The van der Waals surface area contributed by atoms with Crippen molar-refractivity contribution >= 4 is 16.9 Å². The number of thioether (sulfide) groups is 1. The molecule has 0 aromatic heterocycles. The summed E-state index contributed by atoms with van der Waals surface area (Å²) in [5.74, 6) is 1.53. The molecular weight excluding hydrogens is 98.1 g/mol. The summed E-state index contributed by atoms with van der Waals surface area (Å²) in [6, 6.07) is 0. The van der Waals surface area contributed by atoms with Crippen molar-refractivity contribution in [2.75, 3.05) is 0 Å². The van der Waals surface area contributed by atoms with Crippen LogP contribution in [0.4, 0.5) is 0 Å². The summed E-state index contributed by atoms with van der Waals surface area (Å²) in [6.45, 7) is 0. The predicted molar refractivity (Wildman–Crippen MR) is 24.5 cm³/mol. The van der Waals surface area contributed by atoms with E-state index in [9.17, 15) is 0 Å². The van der Waals surface area contributed by atoms with Gasteiger partial charge in [-0.15, -0.1) is 5.11 Å². The van der Waals surface area contributed by atoms with Crippen LogP contribution < -0.4 is 0 Å². The molecule has 0 saturated heterocycles. The molecule has 3 nitrogen and oxygen atoms in total. The van der Waals surface area contributed by atoms with Gasteiger partial charge in [-0.25, -0.2) is 0 Å². The Labute approximate surface area is 39.4 Å². The van der Waals surface area contributed by atoms with Crippen LogP contribution in [0.25, 0.3) is 0 Å². The molecule has 0 saturated carbocycles. The average molecular weight is 100 g/mol. The fraction of sp³-hybridized carbons (Fsp3) is 0. The van der Waals surface area contributed by atoms with Crippen molar-refractivity contribution in [1.82, 2.24) is 0 Å². The van der Waals surface area contributed by atoms with Gasteiger partial charge in [-0.2, -0.15) is 5.11 Å². The minimum atomic E-state index is 0.273. The molecule has 0 atom stereocenters. The number of nitrogens with one attached hydrogen (secondary N) is 1. The second-order valence-electron chi connectivity index (χ2n) is 0.744. The minimum Gasteiger partial charge on any atom is -0.275 e. The van der Waals surface area contributed by atoms with Gasteiger partial charge in [0.25, 0.3) is 0 Å². The van der Waals surface area contributed by atoms with Crippen LogP contribution in [0.1, 0.15) is 0 Å². The molecule has 0 aromatic rings. The molecule has 1 heterocycles. The first kappa shape index (κ1) is 3.80. The second-order valence-corrected chi connectivity index (χ2v) is 1.58. The number of nitrogens with zero attached hydrogens (tertiary/aromatic N) is 2. The Morgan fingerprint density at radius 2 is 2.67 bits per heavy atom. The standard InChI is InChI=1S/C2H2N3S/c3-2-5-4-1-6-2/h1,3H. The summed E-state index contributed by atoms with van der Waals surface area (Å²) >= 11 is 1.22. The van der Waals surface area contributed by atoms with Gasteiger partial charge in [0, 0.05) is 0 Å². The molecule has 0 bridgehead atoms. The average Bonchev–Trinajstić information content (AvgIpc) is 1.86. The van der Waals surface area contributed by atoms with Gasteiger partial charge in [-0.1, -0.05) is 11.8 Å². The Morgan fingerprint density at radius 1 is 1.83 bits per heavy atom. The van der Waals surface area contributed by atoms with Crippen LogP contribution in [0.2, 0.25) is 0 Å². The molecule has 6 heavy (non-hydrogen) atoms. The third-order valence-corrected chi connectivity index (χ3v) is 0.865. The lowest BCUT2D eigenvalue weighted by atomic mass is 11.4. The highest BCUT2D eigenvalue weighted by Crippen LogP contribution is 2.15. The maximum Gasteiger partial charge on any atom is 0.203 e. The van der Waals surface area contributed by atoms with Gasteiger partial charge in [0.1, 0.15) is 0 Å². The third-order valence-electron chi connectivity index (χ3n) is 0.360. The fourth-order valence-corrected chi connectivity index (χ4v) is 0.461. The lowest BCUT2D eigenvalue weighted by molar-refractivity contribution is 1.28. The normalized spacial score (nSPS) is 19.7. The Bertz CT molecular complexity index is 97.0. The first-order valence-corrected chi connectivity index (χ1v) is 2.25. The molecule has 0 amide bonds. The highest BCUT2D eigenvalue weighted by atomic mass is 32.2. The molecular formula is C2H2N3S.